The third-order valence-corrected chi connectivity index (χ3v) is 6.82. The summed E-state index contributed by atoms with van der Waals surface area (Å²) in [7, 11) is 0. The Bertz CT molecular complexity index is 1700. The summed E-state index contributed by atoms with van der Waals surface area (Å²) in [5.74, 6) is 1.95. The first-order chi connectivity index (χ1) is 15.6. The standard InChI is InChI=1S/C28H22N4/c1-15-29-25-11-6-20-14-18(4-8-22(20)27(25)31-15)17-3-7-21-19(13-17)5-9-24-23(21)10-12-26-28(24)32-16(2)30-26/h3-5,7-10,12-14H,6,11H2,1-2H3,(H,29,31)(H,30,32). The van der Waals surface area contributed by atoms with Gasteiger partial charge in [0.2, 0.25) is 0 Å². The highest BCUT2D eigenvalue weighted by Gasteiger charge is 2.20. The quantitative estimate of drug-likeness (QED) is 0.296. The Balaban J connectivity index is 1.36. The van der Waals surface area contributed by atoms with Gasteiger partial charge in [0.05, 0.1) is 16.7 Å². The van der Waals surface area contributed by atoms with E-state index in [1.54, 1.807) is 0 Å². The lowest BCUT2D eigenvalue weighted by Crippen LogP contribution is -2.03. The highest BCUT2D eigenvalue weighted by molar-refractivity contribution is 6.16. The van der Waals surface area contributed by atoms with Gasteiger partial charge < -0.3 is 9.97 Å². The van der Waals surface area contributed by atoms with Crippen molar-refractivity contribution >= 4 is 32.6 Å². The molecule has 6 aromatic rings. The van der Waals surface area contributed by atoms with Crippen LogP contribution in [0.1, 0.15) is 22.9 Å². The molecular formula is C28H22N4. The Labute approximate surface area is 185 Å². The third-order valence-electron chi connectivity index (χ3n) is 6.82. The van der Waals surface area contributed by atoms with Crippen molar-refractivity contribution in [3.8, 4) is 22.4 Å². The molecule has 0 bridgehead atoms. The van der Waals surface area contributed by atoms with E-state index in [1.165, 1.54) is 49.5 Å². The van der Waals surface area contributed by atoms with E-state index in [2.05, 4.69) is 70.6 Å². The summed E-state index contributed by atoms with van der Waals surface area (Å²) in [5.41, 5.74) is 9.70. The van der Waals surface area contributed by atoms with E-state index in [4.69, 9.17) is 9.97 Å². The van der Waals surface area contributed by atoms with Gasteiger partial charge in [0.1, 0.15) is 11.6 Å². The van der Waals surface area contributed by atoms with Crippen molar-refractivity contribution in [3.05, 3.63) is 83.6 Å². The fraction of sp³-hybridized carbons (Fsp3) is 0.143. The zero-order valence-corrected chi connectivity index (χ0v) is 18.1. The van der Waals surface area contributed by atoms with Gasteiger partial charge in [-0.15, -0.1) is 0 Å². The molecule has 0 spiro atoms. The van der Waals surface area contributed by atoms with Gasteiger partial charge in [-0.3, -0.25) is 0 Å². The average Bonchev–Trinajstić information content (AvgIpc) is 3.39. The predicted octanol–water partition coefficient (Wildman–Crippen LogP) is 6.64. The summed E-state index contributed by atoms with van der Waals surface area (Å²) in [5, 5.41) is 4.97. The summed E-state index contributed by atoms with van der Waals surface area (Å²) < 4.78 is 0. The topological polar surface area (TPSA) is 57.4 Å². The molecule has 0 saturated carbocycles. The second-order valence-corrected chi connectivity index (χ2v) is 8.90. The zero-order valence-electron chi connectivity index (χ0n) is 18.1. The molecule has 0 aliphatic heterocycles. The molecule has 0 radical (unpaired) electrons. The van der Waals surface area contributed by atoms with Crippen LogP contribution in [-0.2, 0) is 12.8 Å². The number of benzene rings is 4. The normalized spacial score (nSPS) is 13.1. The molecule has 154 valence electrons. The molecule has 1 aliphatic carbocycles. The molecule has 32 heavy (non-hydrogen) atoms. The summed E-state index contributed by atoms with van der Waals surface area (Å²) in [6, 6.07) is 22.4. The van der Waals surface area contributed by atoms with Crippen molar-refractivity contribution in [1.82, 2.24) is 19.9 Å². The van der Waals surface area contributed by atoms with Crippen LogP contribution in [0.15, 0.2) is 60.7 Å². The fourth-order valence-electron chi connectivity index (χ4n) is 5.34. The Hall–Kier alpha value is -3.92. The van der Waals surface area contributed by atoms with E-state index in [0.717, 1.165) is 41.2 Å². The van der Waals surface area contributed by atoms with Crippen LogP contribution >= 0.6 is 0 Å². The molecule has 0 unspecified atom stereocenters. The molecule has 4 heteroatoms. The molecule has 4 nitrogen and oxygen atoms in total. The molecule has 4 aromatic carbocycles. The molecule has 1 aliphatic rings. The zero-order chi connectivity index (χ0) is 21.4. The van der Waals surface area contributed by atoms with Gasteiger partial charge in [0.15, 0.2) is 0 Å². The van der Waals surface area contributed by atoms with E-state index < -0.39 is 0 Å². The van der Waals surface area contributed by atoms with Crippen molar-refractivity contribution in [2.75, 3.05) is 0 Å². The number of aromatic amines is 2. The molecule has 0 amide bonds. The lowest BCUT2D eigenvalue weighted by molar-refractivity contribution is 0.905. The number of rotatable bonds is 1. The van der Waals surface area contributed by atoms with Crippen LogP contribution in [0.25, 0.3) is 55.0 Å². The highest BCUT2D eigenvalue weighted by atomic mass is 14.9. The van der Waals surface area contributed by atoms with Crippen LogP contribution in [-0.4, -0.2) is 19.9 Å². The van der Waals surface area contributed by atoms with Crippen LogP contribution in [0.5, 0.6) is 0 Å². The lowest BCUT2D eigenvalue weighted by Gasteiger charge is -2.17. The van der Waals surface area contributed by atoms with Crippen LogP contribution in [0.2, 0.25) is 0 Å². The summed E-state index contributed by atoms with van der Waals surface area (Å²) >= 11 is 0. The molecule has 2 heterocycles. The van der Waals surface area contributed by atoms with Gasteiger partial charge in [-0.05, 0) is 71.7 Å². The van der Waals surface area contributed by atoms with Gasteiger partial charge in [-0.2, -0.15) is 0 Å². The first-order valence-corrected chi connectivity index (χ1v) is 11.1. The number of fused-ring (bicyclic) bond motifs is 8. The van der Waals surface area contributed by atoms with Crippen molar-refractivity contribution in [3.63, 3.8) is 0 Å². The minimum absolute atomic E-state index is 0.951. The summed E-state index contributed by atoms with van der Waals surface area (Å²) in [6.07, 6.45) is 2.08. The maximum atomic E-state index is 4.73. The maximum Gasteiger partial charge on any atom is 0.104 e. The number of nitrogens with one attached hydrogen (secondary N) is 2. The van der Waals surface area contributed by atoms with E-state index >= 15 is 0 Å². The largest absolute Gasteiger partial charge is 0.346 e. The van der Waals surface area contributed by atoms with Gasteiger partial charge in [0.25, 0.3) is 0 Å². The third kappa shape index (κ3) is 2.50. The second kappa shape index (κ2) is 6.30. The number of H-pyrrole nitrogens is 2. The van der Waals surface area contributed by atoms with Crippen LogP contribution < -0.4 is 0 Å². The van der Waals surface area contributed by atoms with Gasteiger partial charge in [-0.1, -0.05) is 48.5 Å². The first-order valence-electron chi connectivity index (χ1n) is 11.1. The molecule has 2 aromatic heterocycles. The number of aryl methyl sites for hydroxylation is 4. The highest BCUT2D eigenvalue weighted by Crippen LogP contribution is 2.36. The molecule has 0 fully saturated rings. The summed E-state index contributed by atoms with van der Waals surface area (Å²) in [6.45, 7) is 4.04. The minimum Gasteiger partial charge on any atom is -0.346 e. The van der Waals surface area contributed by atoms with Crippen molar-refractivity contribution in [2.45, 2.75) is 26.7 Å². The van der Waals surface area contributed by atoms with E-state index in [-0.39, 0.29) is 0 Å². The number of hydrogen-bond acceptors (Lipinski definition) is 2. The van der Waals surface area contributed by atoms with Crippen molar-refractivity contribution in [2.24, 2.45) is 0 Å². The van der Waals surface area contributed by atoms with Crippen LogP contribution in [0.3, 0.4) is 0 Å². The molecule has 7 rings (SSSR count). The smallest absolute Gasteiger partial charge is 0.104 e. The van der Waals surface area contributed by atoms with E-state index in [9.17, 15) is 0 Å². The number of nitrogens with zero attached hydrogens (tertiary/aromatic N) is 2. The van der Waals surface area contributed by atoms with Crippen molar-refractivity contribution in [1.29, 1.82) is 0 Å². The van der Waals surface area contributed by atoms with Crippen LogP contribution in [0, 0.1) is 13.8 Å². The molecular weight excluding hydrogens is 392 g/mol. The predicted molar refractivity (Wildman–Crippen MR) is 131 cm³/mol. The van der Waals surface area contributed by atoms with E-state index in [1.807, 2.05) is 13.8 Å². The monoisotopic (exact) mass is 414 g/mol. The summed E-state index contributed by atoms with van der Waals surface area (Å²) in [4.78, 5) is 16.2. The minimum atomic E-state index is 0.951. The molecule has 0 atom stereocenters. The lowest BCUT2D eigenvalue weighted by atomic mass is 9.89. The Morgan fingerprint density at radius 3 is 2.41 bits per heavy atom. The first kappa shape index (κ1) is 17.7. The van der Waals surface area contributed by atoms with Crippen LogP contribution in [0.4, 0.5) is 0 Å². The SMILES string of the molecule is Cc1nc2c([nH]1)CCc1cc(-c3ccc4c(ccc5c4ccc4[nH]c(C)nc45)c3)ccc1-2. The maximum absolute atomic E-state index is 4.73. The molecule has 2 N–H and O–H groups in total. The van der Waals surface area contributed by atoms with Gasteiger partial charge >= 0.3 is 0 Å². The van der Waals surface area contributed by atoms with E-state index in [0.29, 0.717) is 0 Å². The van der Waals surface area contributed by atoms with Crippen molar-refractivity contribution < 1.29 is 0 Å². The number of imidazole rings is 2. The second-order valence-electron chi connectivity index (χ2n) is 8.90. The Morgan fingerprint density at radius 2 is 1.47 bits per heavy atom. The van der Waals surface area contributed by atoms with Gasteiger partial charge in [0, 0.05) is 16.6 Å². The Morgan fingerprint density at radius 1 is 0.688 bits per heavy atom. The average molecular weight is 415 g/mol. The number of aromatic nitrogens is 4. The number of hydrogen-bond donors (Lipinski definition) is 2. The van der Waals surface area contributed by atoms with Gasteiger partial charge in [-0.25, -0.2) is 9.97 Å². The Kier molecular flexibility index (Phi) is 3.49. The molecule has 0 saturated heterocycles. The fourth-order valence-corrected chi connectivity index (χ4v) is 5.34.